The molecule has 2 heterocycles. The maximum Gasteiger partial charge on any atom is 0.162 e. The molecule has 5 heteroatoms. The molecule has 5 nitrogen and oxygen atoms in total. The first-order chi connectivity index (χ1) is 9.34. The minimum absolute atomic E-state index is 0.177. The van der Waals surface area contributed by atoms with Gasteiger partial charge < -0.3 is 5.32 Å². The first-order valence-corrected chi connectivity index (χ1v) is 6.84. The van der Waals surface area contributed by atoms with Crippen molar-refractivity contribution in [3.8, 4) is 0 Å². The Balaban J connectivity index is 1.93. The van der Waals surface area contributed by atoms with Crippen molar-refractivity contribution in [2.45, 2.75) is 25.8 Å². The minimum atomic E-state index is 0.177. The standard InChI is InChI=1S/C14H19N5/c1-11-4-6-12(7-5-11)14(19-17-10-16-18-19)13-3-2-8-15-9-13/h4-7,10,13-15H,2-3,8-9H2,1H3/t13-,14+/m0/s1. The van der Waals surface area contributed by atoms with E-state index in [1.165, 1.54) is 30.3 Å². The summed E-state index contributed by atoms with van der Waals surface area (Å²) in [4.78, 5) is 1.75. The van der Waals surface area contributed by atoms with Crippen molar-refractivity contribution in [1.82, 2.24) is 25.5 Å². The number of nitrogens with one attached hydrogen (secondary N) is 1. The fourth-order valence-corrected chi connectivity index (χ4v) is 2.81. The topological polar surface area (TPSA) is 55.6 Å². The zero-order valence-corrected chi connectivity index (χ0v) is 11.2. The largest absolute Gasteiger partial charge is 0.316 e. The van der Waals surface area contributed by atoms with Crippen LogP contribution in [0.3, 0.4) is 0 Å². The second-order valence-electron chi connectivity index (χ2n) is 5.22. The fraction of sp³-hybridized carbons (Fsp3) is 0.500. The third-order valence-electron chi connectivity index (χ3n) is 3.81. The molecule has 0 spiro atoms. The summed E-state index contributed by atoms with van der Waals surface area (Å²) >= 11 is 0. The monoisotopic (exact) mass is 257 g/mol. The van der Waals surface area contributed by atoms with Crippen molar-refractivity contribution in [2.24, 2.45) is 5.92 Å². The maximum atomic E-state index is 4.26. The van der Waals surface area contributed by atoms with Gasteiger partial charge in [-0.15, -0.1) is 10.2 Å². The van der Waals surface area contributed by atoms with E-state index in [0.717, 1.165) is 13.1 Å². The van der Waals surface area contributed by atoms with Crippen LogP contribution >= 0.6 is 0 Å². The second kappa shape index (κ2) is 5.48. The van der Waals surface area contributed by atoms with Crippen molar-refractivity contribution in [1.29, 1.82) is 0 Å². The van der Waals surface area contributed by atoms with E-state index in [0.29, 0.717) is 5.92 Å². The van der Waals surface area contributed by atoms with Gasteiger partial charge in [-0.25, -0.2) is 0 Å². The first kappa shape index (κ1) is 12.3. The van der Waals surface area contributed by atoms with Crippen LogP contribution in [0.2, 0.25) is 0 Å². The van der Waals surface area contributed by atoms with Crippen LogP contribution in [-0.4, -0.2) is 33.3 Å². The molecular formula is C14H19N5. The van der Waals surface area contributed by atoms with Gasteiger partial charge in [-0.3, -0.25) is 0 Å². The lowest BCUT2D eigenvalue weighted by atomic mass is 9.87. The lowest BCUT2D eigenvalue weighted by Crippen LogP contribution is -2.36. The number of hydrogen-bond donors (Lipinski definition) is 1. The highest BCUT2D eigenvalue weighted by Gasteiger charge is 2.28. The Bertz CT molecular complexity index is 499. The quantitative estimate of drug-likeness (QED) is 0.907. The van der Waals surface area contributed by atoms with Gasteiger partial charge in [-0.05, 0) is 43.0 Å². The van der Waals surface area contributed by atoms with Crippen LogP contribution in [0.5, 0.6) is 0 Å². The van der Waals surface area contributed by atoms with E-state index in [1.54, 1.807) is 4.80 Å². The van der Waals surface area contributed by atoms with Crippen LogP contribution in [0.4, 0.5) is 0 Å². The molecule has 1 aromatic carbocycles. The van der Waals surface area contributed by atoms with Gasteiger partial charge in [0.15, 0.2) is 6.33 Å². The maximum absolute atomic E-state index is 4.26. The highest BCUT2D eigenvalue weighted by Crippen LogP contribution is 2.29. The fourth-order valence-electron chi connectivity index (χ4n) is 2.81. The Labute approximate surface area is 113 Å². The molecule has 1 fully saturated rings. The number of hydrogen-bond acceptors (Lipinski definition) is 4. The van der Waals surface area contributed by atoms with Crippen LogP contribution in [0.15, 0.2) is 30.6 Å². The van der Waals surface area contributed by atoms with Gasteiger partial charge in [0.2, 0.25) is 0 Å². The number of nitrogens with zero attached hydrogens (tertiary/aromatic N) is 4. The van der Waals surface area contributed by atoms with Crippen molar-refractivity contribution in [2.75, 3.05) is 13.1 Å². The van der Waals surface area contributed by atoms with Crippen LogP contribution in [0.25, 0.3) is 0 Å². The van der Waals surface area contributed by atoms with Gasteiger partial charge in [0.05, 0.1) is 0 Å². The van der Waals surface area contributed by atoms with Crippen molar-refractivity contribution < 1.29 is 0 Å². The van der Waals surface area contributed by atoms with Gasteiger partial charge in [0, 0.05) is 6.54 Å². The molecule has 0 aliphatic carbocycles. The molecule has 2 atom stereocenters. The van der Waals surface area contributed by atoms with Crippen LogP contribution in [0, 0.1) is 12.8 Å². The number of benzene rings is 1. The average Bonchev–Trinajstić information content (AvgIpc) is 2.96. The summed E-state index contributed by atoms with van der Waals surface area (Å²) in [5, 5.41) is 15.7. The predicted molar refractivity (Wildman–Crippen MR) is 72.7 cm³/mol. The van der Waals surface area contributed by atoms with E-state index < -0.39 is 0 Å². The molecule has 1 saturated heterocycles. The summed E-state index contributed by atoms with van der Waals surface area (Å²) in [6.07, 6.45) is 3.92. The molecule has 1 N–H and O–H groups in total. The normalized spacial score (nSPS) is 21.2. The van der Waals surface area contributed by atoms with Gasteiger partial charge in [-0.1, -0.05) is 29.8 Å². The SMILES string of the molecule is Cc1ccc([C@H]([C@H]2CCCNC2)n2ncnn2)cc1. The Kier molecular flexibility index (Phi) is 3.55. The van der Waals surface area contributed by atoms with E-state index in [4.69, 9.17) is 0 Å². The van der Waals surface area contributed by atoms with Crippen molar-refractivity contribution in [3.63, 3.8) is 0 Å². The number of aromatic nitrogens is 4. The van der Waals surface area contributed by atoms with Gasteiger partial charge in [0.1, 0.15) is 6.04 Å². The molecular weight excluding hydrogens is 238 g/mol. The molecule has 0 radical (unpaired) electrons. The zero-order valence-electron chi connectivity index (χ0n) is 11.2. The highest BCUT2D eigenvalue weighted by atomic mass is 15.6. The van der Waals surface area contributed by atoms with E-state index in [1.807, 2.05) is 0 Å². The lowest BCUT2D eigenvalue weighted by molar-refractivity contribution is 0.261. The van der Waals surface area contributed by atoms with E-state index in [9.17, 15) is 0 Å². The molecule has 1 aliphatic rings. The van der Waals surface area contributed by atoms with E-state index >= 15 is 0 Å². The van der Waals surface area contributed by atoms with Crippen LogP contribution in [0.1, 0.15) is 30.0 Å². The lowest BCUT2D eigenvalue weighted by Gasteiger charge is -2.30. The van der Waals surface area contributed by atoms with Crippen LogP contribution < -0.4 is 5.32 Å². The smallest absolute Gasteiger partial charge is 0.162 e. The van der Waals surface area contributed by atoms with Crippen LogP contribution in [-0.2, 0) is 0 Å². The Morgan fingerprint density at radius 2 is 2.16 bits per heavy atom. The molecule has 1 aliphatic heterocycles. The third kappa shape index (κ3) is 2.66. The molecule has 0 bridgehead atoms. The molecule has 0 amide bonds. The Morgan fingerprint density at radius 1 is 1.32 bits per heavy atom. The van der Waals surface area contributed by atoms with E-state index in [-0.39, 0.29) is 6.04 Å². The molecule has 3 rings (SSSR count). The Morgan fingerprint density at radius 3 is 2.79 bits per heavy atom. The summed E-state index contributed by atoms with van der Waals surface area (Å²) in [5.74, 6) is 0.519. The van der Waals surface area contributed by atoms with E-state index in [2.05, 4.69) is 51.9 Å². The summed E-state index contributed by atoms with van der Waals surface area (Å²) in [6.45, 7) is 4.23. The predicted octanol–water partition coefficient (Wildman–Crippen LogP) is 1.57. The number of piperidine rings is 1. The highest BCUT2D eigenvalue weighted by molar-refractivity contribution is 5.25. The first-order valence-electron chi connectivity index (χ1n) is 6.84. The van der Waals surface area contributed by atoms with Gasteiger partial charge >= 0.3 is 0 Å². The minimum Gasteiger partial charge on any atom is -0.316 e. The summed E-state index contributed by atoms with van der Waals surface area (Å²) < 4.78 is 0. The third-order valence-corrected chi connectivity index (χ3v) is 3.81. The summed E-state index contributed by atoms with van der Waals surface area (Å²) in [7, 11) is 0. The zero-order chi connectivity index (χ0) is 13.1. The second-order valence-corrected chi connectivity index (χ2v) is 5.22. The molecule has 1 aromatic heterocycles. The number of tetrazole rings is 1. The number of aryl methyl sites for hydroxylation is 1. The molecule has 19 heavy (non-hydrogen) atoms. The van der Waals surface area contributed by atoms with Gasteiger partial charge in [-0.2, -0.15) is 4.80 Å². The molecule has 100 valence electrons. The average molecular weight is 257 g/mol. The number of rotatable bonds is 3. The van der Waals surface area contributed by atoms with Gasteiger partial charge in [0.25, 0.3) is 0 Å². The van der Waals surface area contributed by atoms with Crippen molar-refractivity contribution >= 4 is 0 Å². The van der Waals surface area contributed by atoms with Crippen molar-refractivity contribution in [3.05, 3.63) is 41.7 Å². The molecule has 0 unspecified atom stereocenters. The Hall–Kier alpha value is -1.75. The molecule has 2 aromatic rings. The molecule has 0 saturated carbocycles. The summed E-state index contributed by atoms with van der Waals surface area (Å²) in [6, 6.07) is 8.83. The summed E-state index contributed by atoms with van der Waals surface area (Å²) in [5.41, 5.74) is 2.54.